The van der Waals surface area contributed by atoms with Gasteiger partial charge in [0.15, 0.2) is 5.82 Å². The number of nitrogens with zero attached hydrogens (tertiary/aromatic N) is 4. The summed E-state index contributed by atoms with van der Waals surface area (Å²) in [5.41, 5.74) is 3.28. The minimum absolute atomic E-state index is 0.115. The van der Waals surface area contributed by atoms with Crippen LogP contribution < -0.4 is 10.2 Å². The van der Waals surface area contributed by atoms with Crippen LogP contribution >= 0.6 is 11.6 Å². The van der Waals surface area contributed by atoms with Crippen LogP contribution in [0.3, 0.4) is 0 Å². The highest BCUT2D eigenvalue weighted by Crippen LogP contribution is 2.35. The zero-order valence-corrected chi connectivity index (χ0v) is 16.9. The van der Waals surface area contributed by atoms with E-state index in [1.165, 1.54) is 6.07 Å². The third-order valence-electron chi connectivity index (χ3n) is 5.80. The second kappa shape index (κ2) is 7.07. The molecular weight excluding hydrogens is 393 g/mol. The van der Waals surface area contributed by atoms with E-state index in [9.17, 15) is 4.39 Å². The standard InChI is InChI=1S/C21H21ClFN5O/c1-11(16-4-3-5-18(23)19(16)22)25-21-17-7-13(8-24-20(17)12(2)26-27-21)28-9-15-6-14(28)10-29-15/h3-5,7-8,11,14-15H,6,9-10H2,1-2H3,(H,25,27)/t11-,14?,15?/m1/s1. The molecule has 6 nitrogen and oxygen atoms in total. The number of aryl methyl sites for hydroxylation is 1. The Morgan fingerprint density at radius 2 is 2.21 bits per heavy atom. The number of fused-ring (bicyclic) bond motifs is 3. The minimum atomic E-state index is -0.437. The molecule has 2 saturated heterocycles. The molecule has 2 aliphatic rings. The van der Waals surface area contributed by atoms with Crippen LogP contribution in [0.5, 0.6) is 0 Å². The molecule has 3 aromatic rings. The van der Waals surface area contributed by atoms with Crippen molar-refractivity contribution in [2.45, 2.75) is 38.5 Å². The highest BCUT2D eigenvalue weighted by molar-refractivity contribution is 6.31. The third kappa shape index (κ3) is 3.18. The van der Waals surface area contributed by atoms with Crippen molar-refractivity contribution in [2.24, 2.45) is 0 Å². The van der Waals surface area contributed by atoms with E-state index < -0.39 is 5.82 Å². The molecule has 2 aromatic heterocycles. The highest BCUT2D eigenvalue weighted by atomic mass is 35.5. The SMILES string of the molecule is Cc1nnc(N[C@H](C)c2cccc(F)c2Cl)c2cc(N3CC4CC3CO4)cnc12. The Hall–Kier alpha value is -2.51. The molecule has 8 heteroatoms. The van der Waals surface area contributed by atoms with Gasteiger partial charge in [-0.05, 0) is 38.0 Å². The average Bonchev–Trinajstić information content (AvgIpc) is 3.35. The number of aromatic nitrogens is 3. The van der Waals surface area contributed by atoms with Crippen LogP contribution in [0, 0.1) is 12.7 Å². The first-order valence-corrected chi connectivity index (χ1v) is 10.1. The number of halogens is 2. The van der Waals surface area contributed by atoms with Crippen LogP contribution in [0.15, 0.2) is 30.5 Å². The number of morpholine rings is 1. The summed E-state index contributed by atoms with van der Waals surface area (Å²) in [7, 11) is 0. The molecule has 1 N–H and O–H groups in total. The molecule has 4 heterocycles. The Labute approximate surface area is 173 Å². The first-order valence-electron chi connectivity index (χ1n) is 9.73. The molecule has 0 aliphatic carbocycles. The lowest BCUT2D eigenvalue weighted by Crippen LogP contribution is -2.36. The van der Waals surface area contributed by atoms with Gasteiger partial charge in [0.1, 0.15) is 5.82 Å². The zero-order chi connectivity index (χ0) is 20.1. The number of hydrogen-bond acceptors (Lipinski definition) is 6. The first-order chi connectivity index (χ1) is 14.0. The summed E-state index contributed by atoms with van der Waals surface area (Å²) in [5, 5.41) is 12.9. The maximum Gasteiger partial charge on any atom is 0.158 e. The van der Waals surface area contributed by atoms with E-state index in [1.807, 2.05) is 20.0 Å². The molecule has 2 fully saturated rings. The largest absolute Gasteiger partial charge is 0.374 e. The molecule has 5 rings (SSSR count). The van der Waals surface area contributed by atoms with E-state index in [0.717, 1.165) is 41.9 Å². The van der Waals surface area contributed by atoms with E-state index in [0.29, 0.717) is 23.5 Å². The summed E-state index contributed by atoms with van der Waals surface area (Å²) in [6.45, 7) is 5.45. The quantitative estimate of drug-likeness (QED) is 0.689. The smallest absolute Gasteiger partial charge is 0.158 e. The van der Waals surface area contributed by atoms with Gasteiger partial charge in [-0.15, -0.1) is 5.10 Å². The maximum absolute atomic E-state index is 13.9. The van der Waals surface area contributed by atoms with Crippen molar-refractivity contribution in [2.75, 3.05) is 23.4 Å². The average molecular weight is 414 g/mol. The lowest BCUT2D eigenvalue weighted by molar-refractivity contribution is 0.0991. The second-order valence-electron chi connectivity index (χ2n) is 7.73. The van der Waals surface area contributed by atoms with Crippen LogP contribution in [-0.2, 0) is 4.74 Å². The van der Waals surface area contributed by atoms with Gasteiger partial charge in [0.25, 0.3) is 0 Å². The van der Waals surface area contributed by atoms with Gasteiger partial charge in [0.05, 0.1) is 52.9 Å². The molecule has 150 valence electrons. The van der Waals surface area contributed by atoms with Gasteiger partial charge in [-0.3, -0.25) is 4.98 Å². The molecule has 29 heavy (non-hydrogen) atoms. The lowest BCUT2D eigenvalue weighted by Gasteiger charge is -2.29. The maximum atomic E-state index is 13.9. The van der Waals surface area contributed by atoms with Gasteiger partial charge in [-0.2, -0.15) is 5.10 Å². The number of anilines is 2. The molecule has 0 spiro atoms. The van der Waals surface area contributed by atoms with Gasteiger partial charge >= 0.3 is 0 Å². The van der Waals surface area contributed by atoms with Crippen molar-refractivity contribution < 1.29 is 9.13 Å². The molecule has 2 bridgehead atoms. The van der Waals surface area contributed by atoms with Gasteiger partial charge in [-0.1, -0.05) is 23.7 Å². The lowest BCUT2D eigenvalue weighted by atomic mass is 10.1. The molecule has 0 amide bonds. The summed E-state index contributed by atoms with van der Waals surface area (Å²) in [5.74, 6) is 0.168. The minimum Gasteiger partial charge on any atom is -0.374 e. The summed E-state index contributed by atoms with van der Waals surface area (Å²) in [4.78, 5) is 7.02. The molecule has 0 radical (unpaired) electrons. The number of hydrogen-bond donors (Lipinski definition) is 1. The molecule has 2 unspecified atom stereocenters. The van der Waals surface area contributed by atoms with E-state index in [2.05, 4.69) is 31.5 Å². The van der Waals surface area contributed by atoms with Crippen molar-refractivity contribution in [3.05, 3.63) is 52.6 Å². The Morgan fingerprint density at radius 1 is 1.34 bits per heavy atom. The van der Waals surface area contributed by atoms with Crippen molar-refractivity contribution >= 4 is 34.0 Å². The normalized spacial score (nSPS) is 21.7. The van der Waals surface area contributed by atoms with E-state index >= 15 is 0 Å². The Morgan fingerprint density at radius 3 is 2.97 bits per heavy atom. The van der Waals surface area contributed by atoms with Gasteiger partial charge in [-0.25, -0.2) is 4.39 Å². The third-order valence-corrected chi connectivity index (χ3v) is 6.20. The van der Waals surface area contributed by atoms with Crippen LogP contribution in [0.2, 0.25) is 5.02 Å². The van der Waals surface area contributed by atoms with Crippen molar-refractivity contribution in [3.63, 3.8) is 0 Å². The first kappa shape index (κ1) is 18.5. The number of benzene rings is 1. The van der Waals surface area contributed by atoms with Crippen LogP contribution in [0.4, 0.5) is 15.9 Å². The topological polar surface area (TPSA) is 63.2 Å². The summed E-state index contributed by atoms with van der Waals surface area (Å²) < 4.78 is 19.6. The fraction of sp³-hybridized carbons (Fsp3) is 0.381. The molecule has 3 atom stereocenters. The number of nitrogens with one attached hydrogen (secondary N) is 1. The fourth-order valence-electron chi connectivity index (χ4n) is 4.27. The van der Waals surface area contributed by atoms with Gasteiger partial charge < -0.3 is 15.0 Å². The van der Waals surface area contributed by atoms with E-state index in [4.69, 9.17) is 16.3 Å². The number of pyridine rings is 1. The van der Waals surface area contributed by atoms with Crippen molar-refractivity contribution in [1.29, 1.82) is 0 Å². The van der Waals surface area contributed by atoms with Gasteiger partial charge in [0, 0.05) is 11.9 Å². The summed E-state index contributed by atoms with van der Waals surface area (Å²) in [6, 6.07) is 7.06. The Kier molecular flexibility index (Phi) is 4.52. The Balaban J connectivity index is 1.52. The predicted molar refractivity (Wildman–Crippen MR) is 111 cm³/mol. The van der Waals surface area contributed by atoms with Crippen LogP contribution in [0.25, 0.3) is 10.9 Å². The monoisotopic (exact) mass is 413 g/mol. The highest BCUT2D eigenvalue weighted by Gasteiger charge is 2.39. The second-order valence-corrected chi connectivity index (χ2v) is 8.11. The van der Waals surface area contributed by atoms with E-state index in [1.54, 1.807) is 12.1 Å². The number of rotatable bonds is 4. The zero-order valence-electron chi connectivity index (χ0n) is 16.2. The van der Waals surface area contributed by atoms with Crippen LogP contribution in [-0.4, -0.2) is 40.5 Å². The van der Waals surface area contributed by atoms with Crippen LogP contribution in [0.1, 0.15) is 30.6 Å². The predicted octanol–water partition coefficient (Wildman–Crippen LogP) is 4.28. The fourth-order valence-corrected chi connectivity index (χ4v) is 4.56. The number of ether oxygens (including phenoxy) is 1. The summed E-state index contributed by atoms with van der Waals surface area (Å²) in [6.07, 6.45) is 3.26. The molecule has 0 saturated carbocycles. The molecular formula is C21H21ClFN5O. The van der Waals surface area contributed by atoms with E-state index in [-0.39, 0.29) is 11.1 Å². The molecule has 2 aliphatic heterocycles. The Bertz CT molecular complexity index is 1090. The van der Waals surface area contributed by atoms with Crippen molar-refractivity contribution in [3.8, 4) is 0 Å². The van der Waals surface area contributed by atoms with Gasteiger partial charge in [0.2, 0.25) is 0 Å². The molecule has 1 aromatic carbocycles. The summed E-state index contributed by atoms with van der Waals surface area (Å²) >= 11 is 6.16. The van der Waals surface area contributed by atoms with Crippen molar-refractivity contribution in [1.82, 2.24) is 15.2 Å².